The van der Waals surface area contributed by atoms with Crippen molar-refractivity contribution in [2.24, 2.45) is 0 Å². The third kappa shape index (κ3) is 5.38. The molecule has 0 fully saturated rings. The highest BCUT2D eigenvalue weighted by Crippen LogP contribution is 2.48. The lowest BCUT2D eigenvalue weighted by molar-refractivity contribution is -0.132. The molecule has 0 bridgehead atoms. The topological polar surface area (TPSA) is 73.9 Å². The van der Waals surface area contributed by atoms with E-state index in [0.29, 0.717) is 23.5 Å². The largest absolute Gasteiger partial charge is 0.496 e. The van der Waals surface area contributed by atoms with Crippen LogP contribution in [-0.2, 0) is 9.53 Å². The second-order valence-electron chi connectivity index (χ2n) is 10.3. The van der Waals surface area contributed by atoms with Gasteiger partial charge >= 0.3 is 5.97 Å². The van der Waals surface area contributed by atoms with Crippen LogP contribution in [0.2, 0.25) is 0 Å². The van der Waals surface area contributed by atoms with Crippen LogP contribution in [0.4, 0.5) is 5.69 Å². The first kappa shape index (κ1) is 27.2. The maximum atomic E-state index is 12.7. The summed E-state index contributed by atoms with van der Waals surface area (Å²) >= 11 is 1.59. The molecular weight excluding hydrogens is 522 g/mol. The van der Waals surface area contributed by atoms with Gasteiger partial charge in [0.25, 0.3) is 6.47 Å². The number of esters is 1. The fourth-order valence-electron chi connectivity index (χ4n) is 5.28. The number of rotatable bonds is 8. The molecule has 40 heavy (non-hydrogen) atoms. The van der Waals surface area contributed by atoms with Crippen molar-refractivity contribution in [2.45, 2.75) is 39.3 Å². The summed E-state index contributed by atoms with van der Waals surface area (Å²) in [6.45, 7) is 8.85. The van der Waals surface area contributed by atoms with Gasteiger partial charge in [-0.25, -0.2) is 4.79 Å². The minimum Gasteiger partial charge on any atom is -0.496 e. The van der Waals surface area contributed by atoms with Gasteiger partial charge in [-0.3, -0.25) is 4.79 Å². The summed E-state index contributed by atoms with van der Waals surface area (Å²) < 4.78 is 17.3. The first-order valence-electron chi connectivity index (χ1n) is 13.0. The van der Waals surface area contributed by atoms with Gasteiger partial charge in [-0.15, -0.1) is 11.3 Å². The Morgan fingerprint density at radius 1 is 0.975 bits per heavy atom. The highest BCUT2D eigenvalue weighted by molar-refractivity contribution is 7.12. The van der Waals surface area contributed by atoms with Crippen LogP contribution >= 0.6 is 11.3 Å². The van der Waals surface area contributed by atoms with Gasteiger partial charge in [0.1, 0.15) is 11.5 Å². The van der Waals surface area contributed by atoms with E-state index in [0.717, 1.165) is 43.3 Å². The third-order valence-corrected chi connectivity index (χ3v) is 7.87. The van der Waals surface area contributed by atoms with Gasteiger partial charge in [0, 0.05) is 38.2 Å². The Balaban J connectivity index is 1.67. The Bertz CT molecular complexity index is 1600. The van der Waals surface area contributed by atoms with E-state index in [4.69, 9.17) is 14.2 Å². The summed E-state index contributed by atoms with van der Waals surface area (Å²) in [5.41, 5.74) is 5.74. The molecule has 3 aromatic carbocycles. The summed E-state index contributed by atoms with van der Waals surface area (Å²) in [5, 5.41) is 3.61. The molecular formula is C33H31NO5S. The van der Waals surface area contributed by atoms with Crippen molar-refractivity contribution in [1.82, 2.24) is 0 Å². The lowest BCUT2D eigenvalue weighted by Crippen LogP contribution is -2.32. The Morgan fingerprint density at radius 2 is 1.73 bits per heavy atom. The molecule has 1 unspecified atom stereocenters. The number of anilines is 1. The smallest absolute Gasteiger partial charge is 0.343 e. The molecule has 2 heterocycles. The number of hydrogen-bond donors (Lipinski definition) is 1. The molecule has 0 spiro atoms. The molecule has 0 saturated carbocycles. The van der Waals surface area contributed by atoms with Crippen LogP contribution < -0.4 is 14.8 Å². The molecule has 1 N–H and O–H groups in total. The number of thiophene rings is 1. The van der Waals surface area contributed by atoms with Gasteiger partial charge in [0.2, 0.25) is 0 Å². The fourth-order valence-corrected chi connectivity index (χ4v) is 6.20. The fraction of sp³-hybridized carbons (Fsp3) is 0.212. The summed E-state index contributed by atoms with van der Waals surface area (Å²) in [6, 6.07) is 22.2. The van der Waals surface area contributed by atoms with Crippen molar-refractivity contribution >= 4 is 35.0 Å². The Morgan fingerprint density at radius 3 is 2.40 bits per heavy atom. The maximum Gasteiger partial charge on any atom is 0.343 e. The number of aryl methyl sites for hydroxylation is 1. The molecule has 7 heteroatoms. The summed E-state index contributed by atoms with van der Waals surface area (Å²) in [5.74, 6) is 0.437. The molecule has 6 nitrogen and oxygen atoms in total. The number of allylic oxidation sites excluding steroid dienone is 1. The number of carbonyl (C=O) groups excluding carboxylic acids is 2. The van der Waals surface area contributed by atoms with Crippen LogP contribution in [0.5, 0.6) is 11.5 Å². The average molecular weight is 554 g/mol. The molecule has 1 atom stereocenters. The minimum atomic E-state index is -0.632. The van der Waals surface area contributed by atoms with Crippen molar-refractivity contribution in [3.8, 4) is 22.6 Å². The molecule has 5 rings (SSSR count). The van der Waals surface area contributed by atoms with Gasteiger partial charge in [-0.1, -0.05) is 30.3 Å². The van der Waals surface area contributed by atoms with Gasteiger partial charge in [-0.05, 0) is 81.3 Å². The van der Waals surface area contributed by atoms with E-state index in [1.165, 1.54) is 0 Å². The van der Waals surface area contributed by atoms with Gasteiger partial charge < -0.3 is 19.5 Å². The van der Waals surface area contributed by atoms with Crippen molar-refractivity contribution in [3.63, 3.8) is 0 Å². The number of benzene rings is 3. The first-order chi connectivity index (χ1) is 19.2. The summed E-state index contributed by atoms with van der Waals surface area (Å²) in [4.78, 5) is 26.5. The predicted octanol–water partition coefficient (Wildman–Crippen LogP) is 7.82. The molecule has 1 aliphatic rings. The van der Waals surface area contributed by atoms with Crippen LogP contribution in [0.1, 0.15) is 58.1 Å². The highest BCUT2D eigenvalue weighted by atomic mass is 32.1. The van der Waals surface area contributed by atoms with E-state index in [9.17, 15) is 9.59 Å². The number of methoxy groups -OCH3 is 1. The molecule has 0 aliphatic carbocycles. The zero-order chi connectivity index (χ0) is 28.4. The number of hydrogen-bond acceptors (Lipinski definition) is 7. The lowest BCUT2D eigenvalue weighted by atomic mass is 9.82. The van der Waals surface area contributed by atoms with Crippen molar-refractivity contribution in [3.05, 3.63) is 105 Å². The summed E-state index contributed by atoms with van der Waals surface area (Å²) in [6.07, 6.45) is 1.55. The number of fused-ring (bicyclic) bond motifs is 1. The average Bonchev–Trinajstić information content (AvgIpc) is 3.37. The van der Waals surface area contributed by atoms with E-state index in [1.807, 2.05) is 43.3 Å². The van der Waals surface area contributed by atoms with Crippen LogP contribution in [-0.4, -0.2) is 25.1 Å². The van der Waals surface area contributed by atoms with E-state index in [1.54, 1.807) is 54.8 Å². The molecule has 0 amide bonds. The molecule has 4 aromatic rings. The Labute approximate surface area is 238 Å². The zero-order valence-electron chi connectivity index (χ0n) is 23.1. The molecule has 0 radical (unpaired) electrons. The van der Waals surface area contributed by atoms with Crippen LogP contribution in [0.25, 0.3) is 16.7 Å². The number of carbonyl (C=O) groups is 2. The Kier molecular flexibility index (Phi) is 7.50. The molecule has 0 saturated heterocycles. The van der Waals surface area contributed by atoms with E-state index >= 15 is 0 Å². The standard InChI is InChI=1S/C33H31NO5S/c1-20-18-33(3,4)34-26-15-14-25(30(29(20)26)31(38-19-35)28-16-11-21(2)40-28)24-13-12-23(17-27(24)37-5)39-32(36)22-9-7-6-8-10-22/h6-19,31,34H,1-5H3. The van der Waals surface area contributed by atoms with Gasteiger partial charge in [-0.2, -0.15) is 0 Å². The number of nitrogens with one attached hydrogen (secondary N) is 1. The molecule has 1 aliphatic heterocycles. The normalized spacial score (nSPS) is 14.3. The van der Waals surface area contributed by atoms with E-state index in [2.05, 4.69) is 32.2 Å². The van der Waals surface area contributed by atoms with Gasteiger partial charge in [0.15, 0.2) is 6.10 Å². The second kappa shape index (κ2) is 11.0. The zero-order valence-corrected chi connectivity index (χ0v) is 23.9. The molecule has 1 aromatic heterocycles. The van der Waals surface area contributed by atoms with Gasteiger partial charge in [0.05, 0.1) is 18.2 Å². The second-order valence-corrected chi connectivity index (χ2v) is 11.6. The first-order valence-corrected chi connectivity index (χ1v) is 13.8. The Hall–Kier alpha value is -4.36. The van der Waals surface area contributed by atoms with E-state index < -0.39 is 12.1 Å². The molecule has 204 valence electrons. The minimum absolute atomic E-state index is 0.238. The van der Waals surface area contributed by atoms with Crippen LogP contribution in [0.15, 0.2) is 78.9 Å². The highest BCUT2D eigenvalue weighted by Gasteiger charge is 2.32. The van der Waals surface area contributed by atoms with Crippen molar-refractivity contribution in [2.75, 3.05) is 12.4 Å². The summed E-state index contributed by atoms with van der Waals surface area (Å²) in [7, 11) is 1.58. The van der Waals surface area contributed by atoms with Crippen LogP contribution in [0.3, 0.4) is 0 Å². The van der Waals surface area contributed by atoms with Crippen LogP contribution in [0, 0.1) is 6.92 Å². The predicted molar refractivity (Wildman–Crippen MR) is 159 cm³/mol. The van der Waals surface area contributed by atoms with E-state index in [-0.39, 0.29) is 5.54 Å². The quantitative estimate of drug-likeness (QED) is 0.136. The van der Waals surface area contributed by atoms with Crippen molar-refractivity contribution in [1.29, 1.82) is 0 Å². The maximum absolute atomic E-state index is 12.7. The lowest BCUT2D eigenvalue weighted by Gasteiger charge is -2.34. The monoisotopic (exact) mass is 553 g/mol. The van der Waals surface area contributed by atoms with Crippen molar-refractivity contribution < 1.29 is 23.8 Å². The third-order valence-electron chi connectivity index (χ3n) is 6.83. The number of ether oxygens (including phenoxy) is 3. The SMILES string of the molecule is COc1cc(OC(=O)c2ccccc2)ccc1-c1ccc2c(c1C(OC=O)c1ccc(C)s1)C(C)=CC(C)(C)N2.